The molecule has 27 heavy (non-hydrogen) atoms. The zero-order chi connectivity index (χ0) is 19.4. The fourth-order valence-corrected chi connectivity index (χ4v) is 7.70. The fourth-order valence-electron chi connectivity index (χ4n) is 4.22. The molecule has 0 spiro atoms. The van der Waals surface area contributed by atoms with Crippen molar-refractivity contribution < 1.29 is 17.6 Å². The van der Waals surface area contributed by atoms with Gasteiger partial charge in [-0.2, -0.15) is 0 Å². The monoisotopic (exact) mass is 394 g/mol. The van der Waals surface area contributed by atoms with E-state index >= 15 is 0 Å². The van der Waals surface area contributed by atoms with Crippen molar-refractivity contribution in [2.24, 2.45) is 0 Å². The summed E-state index contributed by atoms with van der Waals surface area (Å²) in [4.78, 5) is 0. The lowest BCUT2D eigenvalue weighted by Crippen LogP contribution is -2.20. The third-order valence-electron chi connectivity index (χ3n) is 5.81. The van der Waals surface area contributed by atoms with E-state index in [0.29, 0.717) is 5.56 Å². The minimum atomic E-state index is -1.11. The Morgan fingerprint density at radius 1 is 0.852 bits per heavy atom. The van der Waals surface area contributed by atoms with Crippen LogP contribution >= 0.6 is 0 Å². The molecule has 0 amide bonds. The van der Waals surface area contributed by atoms with Crippen LogP contribution < -0.4 is 0 Å². The van der Waals surface area contributed by atoms with Gasteiger partial charge in [-0.3, -0.25) is 0 Å². The van der Waals surface area contributed by atoms with E-state index in [2.05, 4.69) is 6.92 Å². The smallest absolute Gasteiger partial charge is 0.159 e. The zero-order valence-corrected chi connectivity index (χ0v) is 16.9. The van der Waals surface area contributed by atoms with Crippen molar-refractivity contribution in [3.05, 3.63) is 59.2 Å². The largest absolute Gasteiger partial charge is 0.206 e. The van der Waals surface area contributed by atoms with Crippen molar-refractivity contribution in [2.45, 2.75) is 63.1 Å². The number of halogens is 4. The molecule has 146 valence electrons. The van der Waals surface area contributed by atoms with E-state index < -0.39 is 32.1 Å². The molecule has 0 radical (unpaired) electrons. The van der Waals surface area contributed by atoms with Gasteiger partial charge in [0.25, 0.3) is 0 Å². The number of benzene rings is 2. The molecule has 5 heteroatoms. The third kappa shape index (κ3) is 4.81. The molecule has 1 saturated heterocycles. The summed E-state index contributed by atoms with van der Waals surface area (Å²) in [5, 5.41) is 0. The summed E-state index contributed by atoms with van der Waals surface area (Å²) in [6.07, 6.45) is 5.88. The van der Waals surface area contributed by atoms with Crippen LogP contribution in [0.2, 0.25) is 18.1 Å². The molecule has 0 nitrogen and oxygen atoms in total. The van der Waals surface area contributed by atoms with Gasteiger partial charge in [0.15, 0.2) is 11.6 Å². The Morgan fingerprint density at radius 3 is 2.11 bits per heavy atom. The average molecular weight is 395 g/mol. The Morgan fingerprint density at radius 2 is 1.52 bits per heavy atom. The van der Waals surface area contributed by atoms with Gasteiger partial charge in [0.1, 0.15) is 11.6 Å². The van der Waals surface area contributed by atoms with Crippen molar-refractivity contribution in [1.82, 2.24) is 0 Å². The average Bonchev–Trinajstić information content (AvgIpc) is 2.65. The summed E-state index contributed by atoms with van der Waals surface area (Å²) >= 11 is 0. The normalized spacial score (nSPS) is 20.0. The molecule has 0 saturated carbocycles. The molecule has 3 rings (SSSR count). The molecule has 0 unspecified atom stereocenters. The maximum Gasteiger partial charge on any atom is 0.159 e. The maximum absolute atomic E-state index is 14.6. The molecule has 1 aliphatic heterocycles. The molecule has 1 heterocycles. The van der Waals surface area contributed by atoms with E-state index in [1.165, 1.54) is 55.6 Å². The molecule has 0 aromatic heterocycles. The van der Waals surface area contributed by atoms with Gasteiger partial charge < -0.3 is 0 Å². The Kier molecular flexibility index (Phi) is 6.74. The van der Waals surface area contributed by atoms with Crippen LogP contribution in [0.1, 0.15) is 50.5 Å². The van der Waals surface area contributed by atoms with Crippen molar-refractivity contribution in [3.8, 4) is 11.1 Å². The summed E-state index contributed by atoms with van der Waals surface area (Å²) in [6, 6.07) is 9.55. The van der Waals surface area contributed by atoms with E-state index in [0.717, 1.165) is 25.0 Å². The van der Waals surface area contributed by atoms with Crippen LogP contribution in [0.3, 0.4) is 0 Å². The van der Waals surface area contributed by atoms with Crippen LogP contribution in [0, 0.1) is 23.3 Å². The van der Waals surface area contributed by atoms with Crippen LogP contribution in [-0.4, -0.2) is 8.80 Å². The van der Waals surface area contributed by atoms with Crippen molar-refractivity contribution in [3.63, 3.8) is 0 Å². The first-order chi connectivity index (χ1) is 13.0. The van der Waals surface area contributed by atoms with Crippen LogP contribution in [0.15, 0.2) is 30.3 Å². The van der Waals surface area contributed by atoms with Crippen LogP contribution in [0.25, 0.3) is 11.1 Å². The van der Waals surface area contributed by atoms with Crippen LogP contribution in [-0.2, 0) is 0 Å². The van der Waals surface area contributed by atoms with Gasteiger partial charge in [-0.05, 0) is 54.2 Å². The topological polar surface area (TPSA) is 0 Å². The summed E-state index contributed by atoms with van der Waals surface area (Å²) in [6.45, 7) is 2.21. The van der Waals surface area contributed by atoms with Gasteiger partial charge >= 0.3 is 0 Å². The van der Waals surface area contributed by atoms with Gasteiger partial charge in [-0.1, -0.05) is 50.4 Å². The minimum absolute atomic E-state index is 0.0162. The highest BCUT2D eigenvalue weighted by atomic mass is 28.3. The number of rotatable bonds is 6. The van der Waals surface area contributed by atoms with Crippen molar-refractivity contribution >= 4 is 8.80 Å². The van der Waals surface area contributed by atoms with Gasteiger partial charge in [-0.15, -0.1) is 0 Å². The quantitative estimate of drug-likeness (QED) is 0.276. The molecule has 1 fully saturated rings. The molecule has 0 bridgehead atoms. The predicted octanol–water partition coefficient (Wildman–Crippen LogP) is 7.20. The summed E-state index contributed by atoms with van der Waals surface area (Å²) in [5.74, 6) is -3.36. The first-order valence-corrected chi connectivity index (χ1v) is 12.4. The van der Waals surface area contributed by atoms with E-state index in [1.807, 2.05) is 0 Å². The van der Waals surface area contributed by atoms with Crippen LogP contribution in [0.5, 0.6) is 0 Å². The van der Waals surface area contributed by atoms with Gasteiger partial charge in [0.2, 0.25) is 0 Å². The Labute approximate surface area is 160 Å². The predicted molar refractivity (Wildman–Crippen MR) is 105 cm³/mol. The Bertz CT molecular complexity index is 759. The third-order valence-corrected chi connectivity index (χ3v) is 9.33. The first-order valence-electron chi connectivity index (χ1n) is 9.94. The highest BCUT2D eigenvalue weighted by Crippen LogP contribution is 2.38. The Hall–Kier alpha value is -1.62. The van der Waals surface area contributed by atoms with Gasteiger partial charge in [-0.25, -0.2) is 17.6 Å². The maximum atomic E-state index is 14.6. The molecule has 0 aliphatic carbocycles. The van der Waals surface area contributed by atoms with Gasteiger partial charge in [0.05, 0.1) is 5.56 Å². The summed E-state index contributed by atoms with van der Waals surface area (Å²) in [5.41, 5.74) is 0.417. The molecule has 2 aromatic carbocycles. The van der Waals surface area contributed by atoms with Crippen molar-refractivity contribution in [1.29, 1.82) is 0 Å². The molecule has 0 N–H and O–H groups in total. The standard InChI is InChI=1S/C22H26F4Si/c1-2-3-4-9-27-10-7-15(8-11-27)17-13-20(25)22(21(26)14-17)16-5-6-18(23)19(24)12-16/h5-6,12-15,27H,2-4,7-11H2,1H3/t15-,27-. The lowest BCUT2D eigenvalue weighted by Gasteiger charge is -2.28. The molecular weight excluding hydrogens is 368 g/mol. The zero-order valence-electron chi connectivity index (χ0n) is 15.7. The molecule has 0 atom stereocenters. The molecule has 2 aromatic rings. The molecule has 1 aliphatic rings. The highest BCUT2D eigenvalue weighted by Gasteiger charge is 2.25. The highest BCUT2D eigenvalue weighted by molar-refractivity contribution is 6.59. The second kappa shape index (κ2) is 9.05. The lowest BCUT2D eigenvalue weighted by atomic mass is 9.91. The number of unbranched alkanes of at least 4 members (excludes halogenated alkanes) is 2. The summed E-state index contributed by atoms with van der Waals surface area (Å²) in [7, 11) is -0.679. The van der Waals surface area contributed by atoms with Gasteiger partial charge in [0, 0.05) is 8.80 Å². The summed E-state index contributed by atoms with van der Waals surface area (Å²) < 4.78 is 55.8. The van der Waals surface area contributed by atoms with E-state index in [9.17, 15) is 17.6 Å². The fraction of sp³-hybridized carbons (Fsp3) is 0.455. The molecular formula is C22H26F4Si. The van der Waals surface area contributed by atoms with E-state index in [1.54, 1.807) is 0 Å². The lowest BCUT2D eigenvalue weighted by molar-refractivity contribution is 0.508. The van der Waals surface area contributed by atoms with Crippen molar-refractivity contribution in [2.75, 3.05) is 0 Å². The first kappa shape index (κ1) is 20.1. The van der Waals surface area contributed by atoms with E-state index in [-0.39, 0.29) is 17.0 Å². The minimum Gasteiger partial charge on any atom is -0.206 e. The van der Waals surface area contributed by atoms with E-state index in [4.69, 9.17) is 0 Å². The second-order valence-corrected chi connectivity index (χ2v) is 11.2. The van der Waals surface area contributed by atoms with Crippen LogP contribution in [0.4, 0.5) is 17.6 Å². The Balaban J connectivity index is 1.73. The second-order valence-electron chi connectivity index (χ2n) is 7.70. The number of hydrogen-bond acceptors (Lipinski definition) is 0. The number of hydrogen-bond donors (Lipinski definition) is 0. The SMILES string of the molecule is CCCCC[Si@H]1CC[C@H](c2cc(F)c(-c3ccc(F)c(F)c3)c(F)c2)CC1.